The molecule has 0 saturated heterocycles. The second-order valence-electron chi connectivity index (χ2n) is 5.96. The zero-order valence-corrected chi connectivity index (χ0v) is 15.4. The molecule has 0 aromatic heterocycles. The quantitative estimate of drug-likeness (QED) is 0.854. The number of methoxy groups -OCH3 is 2. The van der Waals surface area contributed by atoms with Crippen molar-refractivity contribution in [2.75, 3.05) is 20.8 Å². The Balaban J connectivity index is 1.94. The molecule has 138 valence electrons. The summed E-state index contributed by atoms with van der Waals surface area (Å²) in [6, 6.07) is 9.46. The number of carbonyl (C=O) groups is 1. The normalized spacial score (nSPS) is 14.5. The molecule has 0 fully saturated rings. The second-order valence-corrected chi connectivity index (χ2v) is 7.89. The minimum absolute atomic E-state index is 0.0535. The number of nitrogens with two attached hydrogens (primary N) is 1. The highest BCUT2D eigenvalue weighted by Gasteiger charge is 2.29. The lowest BCUT2D eigenvalue weighted by Gasteiger charge is -2.29. The number of amides is 1. The molecule has 2 aromatic carbocycles. The van der Waals surface area contributed by atoms with Crippen LogP contribution in [0.4, 0.5) is 0 Å². The number of ether oxygens (including phenoxy) is 2. The summed E-state index contributed by atoms with van der Waals surface area (Å²) in [7, 11) is -0.639. The monoisotopic (exact) mass is 376 g/mol. The van der Waals surface area contributed by atoms with E-state index >= 15 is 0 Å². The maximum atomic E-state index is 13.0. The molecule has 0 bridgehead atoms. The highest BCUT2D eigenvalue weighted by Crippen LogP contribution is 2.34. The summed E-state index contributed by atoms with van der Waals surface area (Å²) in [5, 5.41) is 0. The lowest BCUT2D eigenvalue weighted by atomic mass is 10.0. The van der Waals surface area contributed by atoms with Crippen molar-refractivity contribution in [3.63, 3.8) is 0 Å². The van der Waals surface area contributed by atoms with Crippen LogP contribution in [-0.2, 0) is 23.0 Å². The van der Waals surface area contributed by atoms with Gasteiger partial charge in [-0.05, 0) is 47.9 Å². The molecule has 1 amide bonds. The van der Waals surface area contributed by atoms with Gasteiger partial charge in [0.25, 0.3) is 0 Å². The van der Waals surface area contributed by atoms with Gasteiger partial charge in [-0.25, -0.2) is 8.42 Å². The van der Waals surface area contributed by atoms with Crippen molar-refractivity contribution >= 4 is 15.9 Å². The third kappa shape index (κ3) is 3.25. The van der Waals surface area contributed by atoms with Gasteiger partial charge >= 0.3 is 0 Å². The Hall–Kier alpha value is -2.58. The number of carbonyl (C=O) groups excluding carboxylic acids is 1. The van der Waals surface area contributed by atoms with Crippen molar-refractivity contribution < 1.29 is 22.7 Å². The summed E-state index contributed by atoms with van der Waals surface area (Å²) >= 11 is 0. The van der Waals surface area contributed by atoms with Crippen LogP contribution in [0.3, 0.4) is 0 Å². The fourth-order valence-corrected chi connectivity index (χ4v) is 4.49. The third-order valence-electron chi connectivity index (χ3n) is 4.44. The number of hydrogen-bond donors (Lipinski definition) is 1. The molecule has 26 heavy (non-hydrogen) atoms. The number of primary amides is 1. The van der Waals surface area contributed by atoms with Gasteiger partial charge in [-0.1, -0.05) is 6.07 Å². The van der Waals surface area contributed by atoms with Crippen molar-refractivity contribution in [2.24, 2.45) is 5.73 Å². The molecule has 0 saturated carbocycles. The van der Waals surface area contributed by atoms with Crippen molar-refractivity contribution in [1.82, 2.24) is 4.31 Å². The lowest BCUT2D eigenvalue weighted by molar-refractivity contribution is 0.1000. The molecule has 3 rings (SSSR count). The Morgan fingerprint density at radius 3 is 2.35 bits per heavy atom. The average Bonchev–Trinajstić information content (AvgIpc) is 2.66. The molecule has 0 unspecified atom stereocenters. The molecule has 2 aromatic rings. The standard InChI is InChI=1S/C18H20N2O5S/c1-24-16-9-12-6-7-20(11-14(12)10-17(16)25-2)26(22,23)15-5-3-4-13(8-15)18(19)21/h3-5,8-10H,6-7,11H2,1-2H3,(H2,19,21). The van der Waals surface area contributed by atoms with Gasteiger partial charge in [-0.2, -0.15) is 4.31 Å². The van der Waals surface area contributed by atoms with Crippen molar-refractivity contribution in [1.29, 1.82) is 0 Å². The van der Waals surface area contributed by atoms with Gasteiger partial charge in [0.15, 0.2) is 11.5 Å². The summed E-state index contributed by atoms with van der Waals surface area (Å²) in [6.07, 6.45) is 0.560. The highest BCUT2D eigenvalue weighted by molar-refractivity contribution is 7.89. The first-order chi connectivity index (χ1) is 12.4. The first-order valence-corrected chi connectivity index (χ1v) is 9.44. The van der Waals surface area contributed by atoms with Crippen LogP contribution in [0.1, 0.15) is 21.5 Å². The SMILES string of the molecule is COc1cc2c(cc1OC)CN(S(=O)(=O)c1cccc(C(N)=O)c1)CC2. The van der Waals surface area contributed by atoms with E-state index in [0.717, 1.165) is 11.1 Å². The first-order valence-electron chi connectivity index (χ1n) is 8.00. The van der Waals surface area contributed by atoms with Crippen LogP contribution in [-0.4, -0.2) is 39.4 Å². The van der Waals surface area contributed by atoms with Crippen LogP contribution in [0.25, 0.3) is 0 Å². The topological polar surface area (TPSA) is 98.9 Å². The van der Waals surface area contributed by atoms with Crippen LogP contribution >= 0.6 is 0 Å². The Bertz CT molecular complexity index is 956. The molecule has 7 nitrogen and oxygen atoms in total. The van der Waals surface area contributed by atoms with Gasteiger partial charge in [-0.15, -0.1) is 0 Å². The average molecular weight is 376 g/mol. The molecular formula is C18H20N2O5S. The van der Waals surface area contributed by atoms with E-state index in [2.05, 4.69) is 0 Å². The van der Waals surface area contributed by atoms with E-state index < -0.39 is 15.9 Å². The molecule has 0 aliphatic carbocycles. The van der Waals surface area contributed by atoms with E-state index in [9.17, 15) is 13.2 Å². The minimum atomic E-state index is -3.74. The maximum absolute atomic E-state index is 13.0. The molecule has 8 heteroatoms. The minimum Gasteiger partial charge on any atom is -0.493 e. The molecule has 0 radical (unpaired) electrons. The van der Waals surface area contributed by atoms with Crippen molar-refractivity contribution in [3.8, 4) is 11.5 Å². The van der Waals surface area contributed by atoms with Crippen molar-refractivity contribution in [2.45, 2.75) is 17.9 Å². The van der Waals surface area contributed by atoms with Gasteiger partial charge in [0.2, 0.25) is 15.9 Å². The van der Waals surface area contributed by atoms with E-state index in [4.69, 9.17) is 15.2 Å². The van der Waals surface area contributed by atoms with Crippen LogP contribution in [0.2, 0.25) is 0 Å². The third-order valence-corrected chi connectivity index (χ3v) is 6.28. The Morgan fingerprint density at radius 1 is 1.08 bits per heavy atom. The van der Waals surface area contributed by atoms with Crippen LogP contribution in [0.5, 0.6) is 11.5 Å². The van der Waals surface area contributed by atoms with E-state index in [1.807, 2.05) is 6.07 Å². The Morgan fingerprint density at radius 2 is 1.73 bits per heavy atom. The highest BCUT2D eigenvalue weighted by atomic mass is 32.2. The fourth-order valence-electron chi connectivity index (χ4n) is 3.02. The smallest absolute Gasteiger partial charge is 0.248 e. The molecule has 2 N–H and O–H groups in total. The summed E-state index contributed by atoms with van der Waals surface area (Å²) in [4.78, 5) is 11.4. The molecule has 0 spiro atoms. The number of fused-ring (bicyclic) bond motifs is 1. The summed E-state index contributed by atoms with van der Waals surface area (Å²) < 4.78 is 37.9. The Labute approximate surface area is 152 Å². The number of hydrogen-bond acceptors (Lipinski definition) is 5. The molecule has 1 aliphatic heterocycles. The van der Waals surface area contributed by atoms with Gasteiger partial charge in [0, 0.05) is 18.7 Å². The van der Waals surface area contributed by atoms with Gasteiger partial charge in [-0.3, -0.25) is 4.79 Å². The number of sulfonamides is 1. The number of benzene rings is 2. The maximum Gasteiger partial charge on any atom is 0.248 e. The van der Waals surface area contributed by atoms with Crippen LogP contribution < -0.4 is 15.2 Å². The van der Waals surface area contributed by atoms with Crippen molar-refractivity contribution in [3.05, 3.63) is 53.1 Å². The van der Waals surface area contributed by atoms with E-state index in [1.54, 1.807) is 13.2 Å². The molecule has 0 atom stereocenters. The molecule has 1 heterocycles. The Kier molecular flexibility index (Phi) is 4.88. The van der Waals surface area contributed by atoms with Crippen LogP contribution in [0.15, 0.2) is 41.3 Å². The largest absolute Gasteiger partial charge is 0.493 e. The van der Waals surface area contributed by atoms with Gasteiger partial charge in [0.05, 0.1) is 19.1 Å². The predicted molar refractivity (Wildman–Crippen MR) is 95.8 cm³/mol. The number of rotatable bonds is 5. The lowest BCUT2D eigenvalue weighted by Crippen LogP contribution is -2.36. The predicted octanol–water partition coefficient (Wildman–Crippen LogP) is 1.55. The summed E-state index contributed by atoms with van der Waals surface area (Å²) in [5.74, 6) is 0.515. The van der Waals surface area contributed by atoms with E-state index in [1.165, 1.54) is 35.7 Å². The number of nitrogens with zero attached hydrogens (tertiary/aromatic N) is 1. The fraction of sp³-hybridized carbons (Fsp3) is 0.278. The summed E-state index contributed by atoms with van der Waals surface area (Å²) in [5.41, 5.74) is 7.31. The second kappa shape index (κ2) is 6.97. The van der Waals surface area contributed by atoms with E-state index in [-0.39, 0.29) is 17.0 Å². The van der Waals surface area contributed by atoms with Crippen LogP contribution in [0, 0.1) is 0 Å². The molecular weight excluding hydrogens is 356 g/mol. The van der Waals surface area contributed by atoms with Gasteiger partial charge < -0.3 is 15.2 Å². The zero-order chi connectivity index (χ0) is 18.9. The zero-order valence-electron chi connectivity index (χ0n) is 14.6. The van der Waals surface area contributed by atoms with Gasteiger partial charge in [0.1, 0.15) is 0 Å². The van der Waals surface area contributed by atoms with E-state index in [0.29, 0.717) is 24.5 Å². The first kappa shape index (κ1) is 18.2. The molecule has 1 aliphatic rings. The summed E-state index contributed by atoms with van der Waals surface area (Å²) in [6.45, 7) is 0.560.